The molecule has 3 aromatic rings. The molecule has 6 nitrogen and oxygen atoms in total. The molecule has 0 saturated heterocycles. The minimum absolute atomic E-state index is 0.0291. The van der Waals surface area contributed by atoms with Gasteiger partial charge in [-0.15, -0.1) is 0 Å². The molecular weight excluding hydrogens is 344 g/mol. The molecule has 0 amide bonds. The molecule has 0 atom stereocenters. The predicted molar refractivity (Wildman–Crippen MR) is 89.8 cm³/mol. The van der Waals surface area contributed by atoms with Crippen LogP contribution in [0.5, 0.6) is 11.6 Å². The van der Waals surface area contributed by atoms with Crippen molar-refractivity contribution in [1.29, 1.82) is 0 Å². The van der Waals surface area contributed by atoms with Crippen molar-refractivity contribution in [2.75, 3.05) is 0 Å². The third kappa shape index (κ3) is 4.19. The maximum atomic E-state index is 12.1. The summed E-state index contributed by atoms with van der Waals surface area (Å²) in [6.45, 7) is 0. The number of nitrogens with zero attached hydrogens (tertiary/aromatic N) is 2. The van der Waals surface area contributed by atoms with Crippen LogP contribution in [-0.2, 0) is 0 Å². The van der Waals surface area contributed by atoms with Crippen molar-refractivity contribution in [2.24, 2.45) is 0 Å². The first-order valence-electron chi connectivity index (χ1n) is 7.18. The summed E-state index contributed by atoms with van der Waals surface area (Å²) in [4.78, 5) is 31.9. The minimum Gasteiger partial charge on any atom is -0.421 e. The van der Waals surface area contributed by atoms with Gasteiger partial charge in [-0.2, -0.15) is 0 Å². The van der Waals surface area contributed by atoms with Gasteiger partial charge in [0.05, 0.1) is 17.3 Å². The molecule has 25 heavy (non-hydrogen) atoms. The van der Waals surface area contributed by atoms with Crippen molar-refractivity contribution in [1.82, 2.24) is 9.97 Å². The molecule has 3 rings (SSSR count). The van der Waals surface area contributed by atoms with Gasteiger partial charge in [0, 0.05) is 18.5 Å². The fourth-order valence-corrected chi connectivity index (χ4v) is 2.05. The van der Waals surface area contributed by atoms with Gasteiger partial charge in [-0.3, -0.25) is 4.98 Å². The van der Waals surface area contributed by atoms with Crippen LogP contribution in [0.1, 0.15) is 20.7 Å². The maximum Gasteiger partial charge on any atom is 0.345 e. The monoisotopic (exact) mass is 354 g/mol. The Bertz CT molecular complexity index is 901. The van der Waals surface area contributed by atoms with E-state index >= 15 is 0 Å². The molecule has 0 unspecified atom stereocenters. The Balaban J connectivity index is 1.76. The van der Waals surface area contributed by atoms with Gasteiger partial charge in [0.25, 0.3) is 0 Å². The fourth-order valence-electron chi connectivity index (χ4n) is 1.91. The van der Waals surface area contributed by atoms with E-state index in [1.54, 1.807) is 42.5 Å². The summed E-state index contributed by atoms with van der Waals surface area (Å²) in [5.74, 6) is -1.23. The number of hydrogen-bond acceptors (Lipinski definition) is 6. The number of carbonyl (C=O) groups excluding carboxylic acids is 2. The molecule has 0 aliphatic heterocycles. The molecule has 0 N–H and O–H groups in total. The van der Waals surface area contributed by atoms with Crippen LogP contribution in [0, 0.1) is 0 Å². The Morgan fingerprint density at radius 2 is 1.60 bits per heavy atom. The van der Waals surface area contributed by atoms with Gasteiger partial charge in [0.2, 0.25) is 5.88 Å². The van der Waals surface area contributed by atoms with Crippen molar-refractivity contribution < 1.29 is 19.1 Å². The molecule has 0 aliphatic carbocycles. The summed E-state index contributed by atoms with van der Waals surface area (Å²) in [6, 6.07) is 12.9. The zero-order chi connectivity index (χ0) is 17.6. The van der Waals surface area contributed by atoms with Crippen LogP contribution < -0.4 is 9.47 Å². The van der Waals surface area contributed by atoms with E-state index in [0.717, 1.165) is 0 Å². The summed E-state index contributed by atoms with van der Waals surface area (Å²) >= 11 is 5.99. The fraction of sp³-hybridized carbons (Fsp3) is 0. The number of aromatic nitrogens is 2. The third-order valence-corrected chi connectivity index (χ3v) is 3.39. The average molecular weight is 355 g/mol. The highest BCUT2D eigenvalue weighted by Crippen LogP contribution is 2.28. The Hall–Kier alpha value is -3.25. The highest BCUT2D eigenvalue weighted by molar-refractivity contribution is 6.32. The van der Waals surface area contributed by atoms with Crippen LogP contribution >= 0.6 is 11.6 Å². The second-order valence-electron chi connectivity index (χ2n) is 4.84. The normalized spacial score (nSPS) is 10.1. The molecule has 0 aliphatic rings. The SMILES string of the molecule is O=C(Oc1cc(OC(=O)c2cccnc2)c(Cl)cn1)c1ccccc1. The molecule has 7 heteroatoms. The van der Waals surface area contributed by atoms with Crippen LogP contribution in [0.2, 0.25) is 5.02 Å². The Kier molecular flexibility index (Phi) is 5.01. The molecule has 0 saturated carbocycles. The van der Waals surface area contributed by atoms with Gasteiger partial charge < -0.3 is 9.47 Å². The second kappa shape index (κ2) is 7.55. The van der Waals surface area contributed by atoms with Gasteiger partial charge in [-0.1, -0.05) is 29.8 Å². The number of carbonyl (C=O) groups is 2. The van der Waals surface area contributed by atoms with E-state index in [-0.39, 0.29) is 22.2 Å². The second-order valence-corrected chi connectivity index (χ2v) is 5.25. The Morgan fingerprint density at radius 1 is 0.880 bits per heavy atom. The first-order chi connectivity index (χ1) is 12.1. The van der Waals surface area contributed by atoms with E-state index in [9.17, 15) is 9.59 Å². The average Bonchev–Trinajstić information content (AvgIpc) is 2.66. The predicted octanol–water partition coefficient (Wildman–Crippen LogP) is 3.57. The van der Waals surface area contributed by atoms with E-state index < -0.39 is 11.9 Å². The lowest BCUT2D eigenvalue weighted by Crippen LogP contribution is -2.11. The number of ether oxygens (including phenoxy) is 2. The van der Waals surface area contributed by atoms with Gasteiger partial charge in [0.1, 0.15) is 5.02 Å². The molecular formula is C18H11ClN2O4. The summed E-state index contributed by atoms with van der Waals surface area (Å²) in [5.41, 5.74) is 0.631. The van der Waals surface area contributed by atoms with Gasteiger partial charge in [-0.25, -0.2) is 14.6 Å². The van der Waals surface area contributed by atoms with Crippen molar-refractivity contribution in [2.45, 2.75) is 0 Å². The zero-order valence-electron chi connectivity index (χ0n) is 12.8. The molecule has 2 aromatic heterocycles. The van der Waals surface area contributed by atoms with Crippen LogP contribution in [0.25, 0.3) is 0 Å². The number of pyridine rings is 2. The summed E-state index contributed by atoms with van der Waals surface area (Å²) < 4.78 is 10.4. The van der Waals surface area contributed by atoms with Crippen molar-refractivity contribution in [3.63, 3.8) is 0 Å². The molecule has 0 radical (unpaired) electrons. The Morgan fingerprint density at radius 3 is 2.32 bits per heavy atom. The van der Waals surface area contributed by atoms with Crippen LogP contribution in [0.3, 0.4) is 0 Å². The van der Waals surface area contributed by atoms with E-state index in [4.69, 9.17) is 21.1 Å². The van der Waals surface area contributed by atoms with E-state index in [1.807, 2.05) is 0 Å². The maximum absolute atomic E-state index is 12.1. The smallest absolute Gasteiger partial charge is 0.345 e. The van der Waals surface area contributed by atoms with Crippen molar-refractivity contribution in [3.05, 3.63) is 83.3 Å². The molecule has 2 heterocycles. The summed E-state index contributed by atoms with van der Waals surface area (Å²) in [5, 5.41) is 0.108. The lowest BCUT2D eigenvalue weighted by atomic mass is 10.2. The molecule has 0 spiro atoms. The lowest BCUT2D eigenvalue weighted by Gasteiger charge is -2.08. The Labute approximate surface area is 148 Å². The van der Waals surface area contributed by atoms with E-state index in [1.165, 1.54) is 24.7 Å². The number of hydrogen-bond donors (Lipinski definition) is 0. The van der Waals surface area contributed by atoms with Crippen molar-refractivity contribution in [3.8, 4) is 11.6 Å². The molecule has 124 valence electrons. The van der Waals surface area contributed by atoms with Gasteiger partial charge in [-0.05, 0) is 24.3 Å². The van der Waals surface area contributed by atoms with Gasteiger partial charge >= 0.3 is 11.9 Å². The quantitative estimate of drug-likeness (QED) is 0.666. The molecule has 0 bridgehead atoms. The van der Waals surface area contributed by atoms with Crippen molar-refractivity contribution >= 4 is 23.5 Å². The number of rotatable bonds is 4. The summed E-state index contributed by atoms with van der Waals surface area (Å²) in [7, 11) is 0. The number of esters is 2. The lowest BCUT2D eigenvalue weighted by molar-refractivity contribution is 0.0726. The van der Waals surface area contributed by atoms with E-state index in [2.05, 4.69) is 9.97 Å². The topological polar surface area (TPSA) is 78.4 Å². The largest absolute Gasteiger partial charge is 0.421 e. The van der Waals surface area contributed by atoms with Crippen LogP contribution in [0.15, 0.2) is 67.1 Å². The number of benzene rings is 1. The highest BCUT2D eigenvalue weighted by atomic mass is 35.5. The number of halogens is 1. The standard InChI is InChI=1S/C18H11ClN2O4/c19-14-11-21-16(25-17(22)12-5-2-1-3-6-12)9-15(14)24-18(23)13-7-4-8-20-10-13/h1-11H. The minimum atomic E-state index is -0.637. The first-order valence-corrected chi connectivity index (χ1v) is 7.56. The highest BCUT2D eigenvalue weighted by Gasteiger charge is 2.15. The molecule has 1 aromatic carbocycles. The van der Waals surface area contributed by atoms with Crippen LogP contribution in [-0.4, -0.2) is 21.9 Å². The third-order valence-electron chi connectivity index (χ3n) is 3.10. The zero-order valence-corrected chi connectivity index (χ0v) is 13.5. The molecule has 0 fully saturated rings. The van der Waals surface area contributed by atoms with Crippen LogP contribution in [0.4, 0.5) is 0 Å². The first kappa shape index (κ1) is 16.6. The summed E-state index contributed by atoms with van der Waals surface area (Å²) in [6.07, 6.45) is 4.14. The van der Waals surface area contributed by atoms with E-state index in [0.29, 0.717) is 5.56 Å². The van der Waals surface area contributed by atoms with Gasteiger partial charge in [0.15, 0.2) is 5.75 Å².